The average molecular weight is 275 g/mol. The van der Waals surface area contributed by atoms with Gasteiger partial charge in [-0.15, -0.1) is 11.8 Å². The Bertz CT molecular complexity index is 527. The predicted octanol–water partition coefficient (Wildman–Crippen LogP) is 3.29. The fourth-order valence-electron chi connectivity index (χ4n) is 1.88. The minimum Gasteiger partial charge on any atom is -0.391 e. The third-order valence-electron chi connectivity index (χ3n) is 2.93. The molecule has 0 aromatic heterocycles. The summed E-state index contributed by atoms with van der Waals surface area (Å²) in [5.41, 5.74) is 0. The first-order valence-corrected chi connectivity index (χ1v) is 7.67. The van der Waals surface area contributed by atoms with Crippen molar-refractivity contribution in [3.05, 3.63) is 42.5 Å². The van der Waals surface area contributed by atoms with Crippen molar-refractivity contribution in [2.24, 2.45) is 0 Å². The molecule has 0 aliphatic rings. The number of hydrogen-bond donors (Lipinski definition) is 2. The lowest BCUT2D eigenvalue weighted by molar-refractivity contribution is 0.192. The van der Waals surface area contributed by atoms with Gasteiger partial charge in [-0.05, 0) is 22.9 Å². The van der Waals surface area contributed by atoms with Gasteiger partial charge in [-0.3, -0.25) is 0 Å². The second kappa shape index (κ2) is 6.94. The van der Waals surface area contributed by atoms with Gasteiger partial charge in [0.2, 0.25) is 0 Å². The summed E-state index contributed by atoms with van der Waals surface area (Å²) in [4.78, 5) is 1.21. The summed E-state index contributed by atoms with van der Waals surface area (Å²) >= 11 is 1.71. The minimum atomic E-state index is -0.307. The van der Waals surface area contributed by atoms with Crippen LogP contribution < -0.4 is 5.32 Å². The van der Waals surface area contributed by atoms with Gasteiger partial charge in [-0.1, -0.05) is 44.2 Å². The summed E-state index contributed by atoms with van der Waals surface area (Å²) in [6.45, 7) is 4.82. The van der Waals surface area contributed by atoms with Crippen LogP contribution in [0.15, 0.2) is 47.4 Å². The quantitative estimate of drug-likeness (QED) is 0.794. The Kier molecular flexibility index (Phi) is 5.25. The average Bonchev–Trinajstić information content (AvgIpc) is 2.42. The second-order valence-electron chi connectivity index (χ2n) is 5.04. The Morgan fingerprint density at radius 3 is 2.58 bits per heavy atom. The number of benzene rings is 2. The third kappa shape index (κ3) is 4.53. The van der Waals surface area contributed by atoms with Gasteiger partial charge in [0.1, 0.15) is 0 Å². The second-order valence-corrected chi connectivity index (χ2v) is 6.13. The fraction of sp³-hybridized carbons (Fsp3) is 0.375. The maximum atomic E-state index is 9.89. The molecule has 2 aromatic rings. The molecule has 0 saturated heterocycles. The molecule has 0 bridgehead atoms. The van der Waals surface area contributed by atoms with E-state index in [9.17, 15) is 5.11 Å². The number of rotatable bonds is 6. The Morgan fingerprint density at radius 1 is 1.11 bits per heavy atom. The summed E-state index contributed by atoms with van der Waals surface area (Å²) in [6.07, 6.45) is -0.307. The molecule has 0 unspecified atom stereocenters. The van der Waals surface area contributed by atoms with Gasteiger partial charge in [0.15, 0.2) is 0 Å². The number of thioether (sulfide) groups is 1. The number of nitrogens with one attached hydrogen (secondary N) is 1. The van der Waals surface area contributed by atoms with E-state index in [-0.39, 0.29) is 6.10 Å². The molecule has 0 amide bonds. The van der Waals surface area contributed by atoms with E-state index in [1.807, 2.05) is 0 Å². The van der Waals surface area contributed by atoms with Gasteiger partial charge < -0.3 is 10.4 Å². The van der Waals surface area contributed by atoms with Gasteiger partial charge in [-0.25, -0.2) is 0 Å². The van der Waals surface area contributed by atoms with Crippen molar-refractivity contribution in [1.29, 1.82) is 0 Å². The maximum absolute atomic E-state index is 9.89. The summed E-state index contributed by atoms with van der Waals surface area (Å²) < 4.78 is 0. The largest absolute Gasteiger partial charge is 0.391 e. The first kappa shape index (κ1) is 14.4. The molecule has 19 heavy (non-hydrogen) atoms. The summed E-state index contributed by atoms with van der Waals surface area (Å²) in [6, 6.07) is 15.2. The smallest absolute Gasteiger partial charge is 0.0758 e. The molecule has 2 aromatic carbocycles. The van der Waals surface area contributed by atoms with Gasteiger partial charge >= 0.3 is 0 Å². The Balaban J connectivity index is 1.90. The van der Waals surface area contributed by atoms with Crippen LogP contribution in [0.1, 0.15) is 13.8 Å². The molecule has 0 heterocycles. The van der Waals surface area contributed by atoms with E-state index in [2.05, 4.69) is 61.6 Å². The predicted molar refractivity (Wildman–Crippen MR) is 83.8 cm³/mol. The Hall–Kier alpha value is -1.03. The lowest BCUT2D eigenvalue weighted by Gasteiger charge is -2.13. The highest BCUT2D eigenvalue weighted by atomic mass is 32.2. The molecule has 3 heteroatoms. The molecule has 0 saturated carbocycles. The van der Waals surface area contributed by atoms with E-state index < -0.39 is 0 Å². The lowest BCUT2D eigenvalue weighted by atomic mass is 10.1. The highest BCUT2D eigenvalue weighted by Gasteiger charge is 2.06. The van der Waals surface area contributed by atoms with Gasteiger partial charge in [0.25, 0.3) is 0 Å². The maximum Gasteiger partial charge on any atom is 0.0758 e. The summed E-state index contributed by atoms with van der Waals surface area (Å²) in [7, 11) is 0. The molecule has 0 spiro atoms. The third-order valence-corrected chi connectivity index (χ3v) is 4.06. The lowest BCUT2D eigenvalue weighted by Crippen LogP contribution is -2.33. The van der Waals surface area contributed by atoms with Crippen LogP contribution in [0.3, 0.4) is 0 Å². The zero-order chi connectivity index (χ0) is 13.7. The zero-order valence-electron chi connectivity index (χ0n) is 11.5. The molecule has 0 aliphatic carbocycles. The summed E-state index contributed by atoms with van der Waals surface area (Å²) in [5, 5.41) is 15.6. The van der Waals surface area contributed by atoms with Crippen LogP contribution >= 0.6 is 11.8 Å². The van der Waals surface area contributed by atoms with E-state index in [1.54, 1.807) is 11.8 Å². The van der Waals surface area contributed by atoms with E-state index in [0.717, 1.165) is 5.75 Å². The van der Waals surface area contributed by atoms with E-state index in [1.165, 1.54) is 15.7 Å². The van der Waals surface area contributed by atoms with Crippen molar-refractivity contribution in [3.63, 3.8) is 0 Å². The first-order chi connectivity index (χ1) is 9.15. The molecule has 0 aliphatic heterocycles. The summed E-state index contributed by atoms with van der Waals surface area (Å²) in [5.74, 6) is 0.720. The van der Waals surface area contributed by atoms with Crippen molar-refractivity contribution < 1.29 is 5.11 Å². The number of fused-ring (bicyclic) bond motifs is 1. The van der Waals surface area contributed by atoms with Gasteiger partial charge in [-0.2, -0.15) is 0 Å². The molecule has 0 fully saturated rings. The van der Waals surface area contributed by atoms with Crippen LogP contribution in [0.2, 0.25) is 0 Å². The Morgan fingerprint density at radius 2 is 1.84 bits per heavy atom. The van der Waals surface area contributed by atoms with Crippen molar-refractivity contribution in [2.75, 3.05) is 12.3 Å². The molecule has 2 N–H and O–H groups in total. The van der Waals surface area contributed by atoms with Gasteiger partial charge in [0, 0.05) is 23.2 Å². The van der Waals surface area contributed by atoms with Crippen LogP contribution in [-0.2, 0) is 0 Å². The molecule has 0 radical (unpaired) electrons. The SMILES string of the molecule is CC(C)NC[C@H](O)CSc1ccc2ccccc2c1. The molecular weight excluding hydrogens is 254 g/mol. The Labute approximate surface area is 119 Å². The van der Waals surface area contributed by atoms with Gasteiger partial charge in [0.05, 0.1) is 6.10 Å². The molecule has 2 rings (SSSR count). The van der Waals surface area contributed by atoms with Crippen LogP contribution in [0, 0.1) is 0 Å². The van der Waals surface area contributed by atoms with E-state index in [4.69, 9.17) is 0 Å². The number of aliphatic hydroxyl groups excluding tert-OH is 1. The topological polar surface area (TPSA) is 32.3 Å². The van der Waals surface area contributed by atoms with Crippen molar-refractivity contribution in [3.8, 4) is 0 Å². The molecule has 102 valence electrons. The van der Waals surface area contributed by atoms with Crippen molar-refractivity contribution in [2.45, 2.75) is 30.9 Å². The molecule has 1 atom stereocenters. The van der Waals surface area contributed by atoms with Crippen LogP contribution in [0.5, 0.6) is 0 Å². The van der Waals surface area contributed by atoms with E-state index in [0.29, 0.717) is 12.6 Å². The number of aliphatic hydroxyl groups is 1. The highest BCUT2D eigenvalue weighted by Crippen LogP contribution is 2.24. The number of hydrogen-bond acceptors (Lipinski definition) is 3. The van der Waals surface area contributed by atoms with Crippen molar-refractivity contribution in [1.82, 2.24) is 5.32 Å². The monoisotopic (exact) mass is 275 g/mol. The van der Waals surface area contributed by atoms with Crippen LogP contribution in [-0.4, -0.2) is 29.5 Å². The van der Waals surface area contributed by atoms with Crippen molar-refractivity contribution >= 4 is 22.5 Å². The van der Waals surface area contributed by atoms with Crippen LogP contribution in [0.4, 0.5) is 0 Å². The highest BCUT2D eigenvalue weighted by molar-refractivity contribution is 7.99. The zero-order valence-corrected chi connectivity index (χ0v) is 12.3. The normalized spacial score (nSPS) is 13.1. The van der Waals surface area contributed by atoms with E-state index >= 15 is 0 Å². The van der Waals surface area contributed by atoms with Crippen LogP contribution in [0.25, 0.3) is 10.8 Å². The minimum absolute atomic E-state index is 0.307. The standard InChI is InChI=1S/C16H21NOS/c1-12(2)17-10-15(18)11-19-16-8-7-13-5-3-4-6-14(13)9-16/h3-9,12,15,17-18H,10-11H2,1-2H3/t15-/m0/s1. The fourth-order valence-corrected chi connectivity index (χ4v) is 2.76. The molecule has 2 nitrogen and oxygen atoms in total. The first-order valence-electron chi connectivity index (χ1n) is 6.68. The molecular formula is C16H21NOS.